The smallest absolute Gasteiger partial charge is 0.254 e. The van der Waals surface area contributed by atoms with Gasteiger partial charge in [-0.3, -0.25) is 9.69 Å². The molecule has 3 rings (SSSR count). The maximum atomic E-state index is 12.6. The highest BCUT2D eigenvalue weighted by molar-refractivity contribution is 5.94. The number of nitrogens with zero attached hydrogens (tertiary/aromatic N) is 2. The summed E-state index contributed by atoms with van der Waals surface area (Å²) in [6.07, 6.45) is 5.57. The fourth-order valence-electron chi connectivity index (χ4n) is 3.85. The Balaban J connectivity index is 1.57. The van der Waals surface area contributed by atoms with Gasteiger partial charge in [-0.15, -0.1) is 0 Å². The first-order chi connectivity index (χ1) is 10.6. The van der Waals surface area contributed by atoms with Gasteiger partial charge in [-0.2, -0.15) is 0 Å². The van der Waals surface area contributed by atoms with Crippen molar-refractivity contribution in [3.8, 4) is 0 Å². The van der Waals surface area contributed by atoms with Gasteiger partial charge in [-0.25, -0.2) is 0 Å². The summed E-state index contributed by atoms with van der Waals surface area (Å²) in [5.41, 5.74) is 7.14. The van der Waals surface area contributed by atoms with Crippen LogP contribution in [0.2, 0.25) is 0 Å². The lowest BCUT2D eigenvalue weighted by Gasteiger charge is -2.40. The number of benzene rings is 1. The van der Waals surface area contributed by atoms with Crippen LogP contribution in [0.15, 0.2) is 24.3 Å². The molecule has 0 spiro atoms. The Labute approximate surface area is 133 Å². The van der Waals surface area contributed by atoms with Gasteiger partial charge in [0, 0.05) is 43.5 Å². The monoisotopic (exact) mass is 301 g/mol. The van der Waals surface area contributed by atoms with E-state index >= 15 is 0 Å². The Morgan fingerprint density at radius 3 is 2.50 bits per heavy atom. The van der Waals surface area contributed by atoms with E-state index in [2.05, 4.69) is 11.8 Å². The maximum absolute atomic E-state index is 12.6. The second-order valence-electron chi connectivity index (χ2n) is 6.88. The number of rotatable bonds is 3. The zero-order valence-electron chi connectivity index (χ0n) is 13.5. The van der Waals surface area contributed by atoms with Crippen molar-refractivity contribution >= 4 is 11.6 Å². The molecule has 1 saturated carbocycles. The molecule has 22 heavy (non-hydrogen) atoms. The third-order valence-corrected chi connectivity index (χ3v) is 5.12. The van der Waals surface area contributed by atoms with Gasteiger partial charge in [-0.05, 0) is 49.9 Å². The van der Waals surface area contributed by atoms with Crippen LogP contribution in [0.5, 0.6) is 0 Å². The molecule has 2 N–H and O–H groups in total. The highest BCUT2D eigenvalue weighted by atomic mass is 16.2. The number of nitrogen functional groups attached to an aromatic ring is 1. The molecule has 1 aromatic carbocycles. The van der Waals surface area contributed by atoms with Crippen LogP contribution in [0.1, 0.15) is 43.0 Å². The van der Waals surface area contributed by atoms with Crippen LogP contribution in [0.4, 0.5) is 5.69 Å². The van der Waals surface area contributed by atoms with Crippen LogP contribution < -0.4 is 5.73 Å². The number of carbonyl (C=O) groups is 1. The first-order valence-corrected chi connectivity index (χ1v) is 8.52. The first-order valence-electron chi connectivity index (χ1n) is 8.52. The van der Waals surface area contributed by atoms with Crippen molar-refractivity contribution in [2.75, 3.05) is 31.9 Å². The average Bonchev–Trinajstić information content (AvgIpc) is 3.00. The lowest BCUT2D eigenvalue weighted by atomic mass is 10.1. The van der Waals surface area contributed by atoms with Gasteiger partial charge in [0.25, 0.3) is 5.91 Å². The zero-order chi connectivity index (χ0) is 15.5. The molecule has 1 saturated heterocycles. The second-order valence-corrected chi connectivity index (χ2v) is 6.88. The highest BCUT2D eigenvalue weighted by Gasteiger charge is 2.29. The molecule has 2 aliphatic rings. The van der Waals surface area contributed by atoms with E-state index < -0.39 is 0 Å². The van der Waals surface area contributed by atoms with Crippen molar-refractivity contribution in [3.63, 3.8) is 0 Å². The molecule has 0 bridgehead atoms. The summed E-state index contributed by atoms with van der Waals surface area (Å²) in [7, 11) is 0. The number of anilines is 1. The lowest BCUT2D eigenvalue weighted by Crippen LogP contribution is -2.54. The largest absolute Gasteiger partial charge is 0.399 e. The Kier molecular flexibility index (Phi) is 4.67. The SMILES string of the molecule is C[C@H]1CN(CC2CCCC2)CCN1C(=O)c1ccc(N)cc1. The molecule has 1 aromatic rings. The number of piperazine rings is 1. The molecule has 4 heteroatoms. The highest BCUT2D eigenvalue weighted by Crippen LogP contribution is 2.26. The van der Waals surface area contributed by atoms with Crippen LogP contribution in [-0.2, 0) is 0 Å². The number of carbonyl (C=O) groups excluding carboxylic acids is 1. The zero-order valence-corrected chi connectivity index (χ0v) is 13.5. The standard InChI is InChI=1S/C18H27N3O/c1-14-12-20(13-15-4-2-3-5-15)10-11-21(14)18(22)16-6-8-17(19)9-7-16/h6-9,14-15H,2-5,10-13,19H2,1H3/t14-/m0/s1. The minimum atomic E-state index is 0.132. The van der Waals surface area contributed by atoms with Crippen LogP contribution >= 0.6 is 0 Å². The van der Waals surface area contributed by atoms with Gasteiger partial charge >= 0.3 is 0 Å². The van der Waals surface area contributed by atoms with E-state index in [1.807, 2.05) is 17.0 Å². The quantitative estimate of drug-likeness (QED) is 0.873. The molecule has 120 valence electrons. The molecule has 1 atom stereocenters. The van der Waals surface area contributed by atoms with Crippen LogP contribution in [0.25, 0.3) is 0 Å². The van der Waals surface area contributed by atoms with E-state index in [0.717, 1.165) is 31.1 Å². The Morgan fingerprint density at radius 1 is 1.18 bits per heavy atom. The second kappa shape index (κ2) is 6.69. The maximum Gasteiger partial charge on any atom is 0.254 e. The van der Waals surface area contributed by atoms with Gasteiger partial charge in [0.15, 0.2) is 0 Å². The minimum absolute atomic E-state index is 0.132. The Hall–Kier alpha value is -1.55. The molecule has 1 amide bonds. The minimum Gasteiger partial charge on any atom is -0.399 e. The molecule has 0 aromatic heterocycles. The van der Waals surface area contributed by atoms with Gasteiger partial charge in [0.1, 0.15) is 0 Å². The Morgan fingerprint density at radius 2 is 1.86 bits per heavy atom. The van der Waals surface area contributed by atoms with Crippen molar-refractivity contribution in [1.29, 1.82) is 0 Å². The van der Waals surface area contributed by atoms with E-state index in [-0.39, 0.29) is 11.9 Å². The third kappa shape index (κ3) is 3.43. The summed E-state index contributed by atoms with van der Waals surface area (Å²) in [5.74, 6) is 1.01. The lowest BCUT2D eigenvalue weighted by molar-refractivity contribution is 0.0461. The van der Waals surface area contributed by atoms with Gasteiger partial charge in [-0.1, -0.05) is 12.8 Å². The summed E-state index contributed by atoms with van der Waals surface area (Å²) in [4.78, 5) is 17.2. The summed E-state index contributed by atoms with van der Waals surface area (Å²) in [5, 5.41) is 0. The summed E-state index contributed by atoms with van der Waals surface area (Å²) >= 11 is 0. The molecule has 0 radical (unpaired) electrons. The van der Waals surface area contributed by atoms with Crippen LogP contribution in [0, 0.1) is 5.92 Å². The van der Waals surface area contributed by atoms with E-state index in [1.54, 1.807) is 12.1 Å². The third-order valence-electron chi connectivity index (χ3n) is 5.12. The van der Waals surface area contributed by atoms with Crippen molar-refractivity contribution < 1.29 is 4.79 Å². The molecule has 1 heterocycles. The molecular formula is C18H27N3O. The van der Waals surface area contributed by atoms with Gasteiger partial charge in [0.05, 0.1) is 0 Å². The molecule has 2 fully saturated rings. The van der Waals surface area contributed by atoms with Crippen molar-refractivity contribution in [2.24, 2.45) is 5.92 Å². The van der Waals surface area contributed by atoms with Crippen molar-refractivity contribution in [2.45, 2.75) is 38.6 Å². The number of hydrogen-bond acceptors (Lipinski definition) is 3. The molecule has 0 unspecified atom stereocenters. The first kappa shape index (κ1) is 15.3. The molecule has 1 aliphatic heterocycles. The fraction of sp³-hybridized carbons (Fsp3) is 0.611. The summed E-state index contributed by atoms with van der Waals surface area (Å²) in [6, 6.07) is 7.53. The van der Waals surface area contributed by atoms with Gasteiger partial charge in [0.2, 0.25) is 0 Å². The summed E-state index contributed by atoms with van der Waals surface area (Å²) in [6.45, 7) is 6.21. The van der Waals surface area contributed by atoms with Crippen LogP contribution in [0.3, 0.4) is 0 Å². The number of hydrogen-bond donors (Lipinski definition) is 1. The topological polar surface area (TPSA) is 49.6 Å². The van der Waals surface area contributed by atoms with Crippen molar-refractivity contribution in [1.82, 2.24) is 9.80 Å². The predicted molar refractivity (Wildman–Crippen MR) is 89.8 cm³/mol. The fourth-order valence-corrected chi connectivity index (χ4v) is 3.85. The predicted octanol–water partition coefficient (Wildman–Crippen LogP) is 2.61. The van der Waals surface area contributed by atoms with Crippen molar-refractivity contribution in [3.05, 3.63) is 29.8 Å². The summed E-state index contributed by atoms with van der Waals surface area (Å²) < 4.78 is 0. The van der Waals surface area contributed by atoms with E-state index in [0.29, 0.717) is 5.69 Å². The Bertz CT molecular complexity index is 508. The number of nitrogens with two attached hydrogens (primary N) is 1. The van der Waals surface area contributed by atoms with Crippen LogP contribution in [-0.4, -0.2) is 47.9 Å². The van der Waals surface area contributed by atoms with E-state index in [1.165, 1.54) is 32.2 Å². The molecule has 1 aliphatic carbocycles. The van der Waals surface area contributed by atoms with E-state index in [4.69, 9.17) is 5.73 Å². The molecular weight excluding hydrogens is 274 g/mol. The van der Waals surface area contributed by atoms with E-state index in [9.17, 15) is 4.79 Å². The average molecular weight is 301 g/mol. The number of amides is 1. The molecule has 4 nitrogen and oxygen atoms in total. The van der Waals surface area contributed by atoms with Gasteiger partial charge < -0.3 is 10.6 Å². The normalized spacial score (nSPS) is 23.9.